The quantitative estimate of drug-likeness (QED) is 0.428. The molecule has 3 saturated heterocycles. The van der Waals surface area contributed by atoms with E-state index in [0.717, 1.165) is 29.5 Å². The zero-order valence-electron chi connectivity index (χ0n) is 25.0. The smallest absolute Gasteiger partial charge is 0.265 e. The molecular formula is C31H33F2N5O7S. The number of hydrogen-bond donors (Lipinski definition) is 2. The van der Waals surface area contributed by atoms with Crippen LogP contribution in [0, 0.1) is 11.7 Å². The molecule has 244 valence electrons. The maximum atomic E-state index is 14.9. The van der Waals surface area contributed by atoms with Crippen molar-refractivity contribution >= 4 is 44.8 Å². The Morgan fingerprint density at radius 1 is 0.935 bits per heavy atom. The molecule has 2 aromatic rings. The molecule has 2 unspecified atom stereocenters. The minimum atomic E-state index is -3.63. The molecule has 4 heterocycles. The number of rotatable bonds is 6. The molecule has 0 bridgehead atoms. The number of benzene rings is 2. The van der Waals surface area contributed by atoms with Crippen molar-refractivity contribution in [3.63, 3.8) is 0 Å². The summed E-state index contributed by atoms with van der Waals surface area (Å²) in [5.74, 6) is -3.40. The minimum absolute atomic E-state index is 0.0168. The fourth-order valence-corrected chi connectivity index (χ4v) is 8.45. The average Bonchev–Trinajstić information content (AvgIpc) is 3.43. The lowest BCUT2D eigenvalue weighted by molar-refractivity contribution is -0.136. The van der Waals surface area contributed by atoms with Gasteiger partial charge in [0.2, 0.25) is 11.8 Å². The van der Waals surface area contributed by atoms with Gasteiger partial charge in [-0.05, 0) is 36.2 Å². The van der Waals surface area contributed by atoms with Gasteiger partial charge in [-0.2, -0.15) is 0 Å². The van der Waals surface area contributed by atoms with Gasteiger partial charge in [-0.15, -0.1) is 0 Å². The van der Waals surface area contributed by atoms with E-state index in [1.54, 1.807) is 6.07 Å². The molecule has 5 aliphatic rings. The molecule has 4 aliphatic heterocycles. The van der Waals surface area contributed by atoms with E-state index in [0.29, 0.717) is 56.4 Å². The first-order valence-corrected chi connectivity index (χ1v) is 17.2. The third-order valence-electron chi connectivity index (χ3n) is 9.78. The monoisotopic (exact) mass is 657 g/mol. The number of aliphatic hydroxyl groups is 1. The van der Waals surface area contributed by atoms with Crippen LogP contribution in [-0.4, -0.2) is 111 Å². The fourth-order valence-electron chi connectivity index (χ4n) is 7.50. The Bertz CT molecular complexity index is 1790. The largest absolute Gasteiger partial charge is 0.385 e. The molecule has 12 nitrogen and oxygen atoms in total. The van der Waals surface area contributed by atoms with Gasteiger partial charge in [-0.1, -0.05) is 0 Å². The molecule has 0 radical (unpaired) electrons. The molecule has 3 fully saturated rings. The number of imide groups is 2. The SMILES string of the molecule is CS(=O)(=O)c1ccc(N2CC(CN3CCN(c4ccc(F)c5c4C(=O)N(C4CCC(=O)NC4=O)C5=O)CC3)C2)c2c1[C@H](O)C(F)C2. The number of alkyl halides is 1. The number of anilines is 2. The van der Waals surface area contributed by atoms with Crippen LogP contribution in [0.15, 0.2) is 29.2 Å². The molecular weight excluding hydrogens is 624 g/mol. The Morgan fingerprint density at radius 3 is 2.28 bits per heavy atom. The Hall–Kier alpha value is -3.95. The van der Waals surface area contributed by atoms with Crippen molar-refractivity contribution < 1.29 is 41.5 Å². The number of halogens is 2. The van der Waals surface area contributed by atoms with Crippen LogP contribution in [0.2, 0.25) is 0 Å². The van der Waals surface area contributed by atoms with Crippen LogP contribution in [0.4, 0.5) is 20.2 Å². The van der Waals surface area contributed by atoms with Gasteiger partial charge in [0.25, 0.3) is 11.8 Å². The van der Waals surface area contributed by atoms with Crippen LogP contribution < -0.4 is 15.1 Å². The average molecular weight is 658 g/mol. The predicted molar refractivity (Wildman–Crippen MR) is 161 cm³/mol. The van der Waals surface area contributed by atoms with Gasteiger partial charge in [0.15, 0.2) is 9.84 Å². The maximum absolute atomic E-state index is 14.9. The minimum Gasteiger partial charge on any atom is -0.385 e. The molecule has 1 aliphatic carbocycles. The number of piperazine rings is 1. The summed E-state index contributed by atoms with van der Waals surface area (Å²) in [7, 11) is -3.63. The van der Waals surface area contributed by atoms with Crippen LogP contribution in [0.3, 0.4) is 0 Å². The van der Waals surface area contributed by atoms with Gasteiger partial charge in [-0.25, -0.2) is 17.2 Å². The summed E-state index contributed by atoms with van der Waals surface area (Å²) in [5, 5.41) is 12.5. The lowest BCUT2D eigenvalue weighted by Crippen LogP contribution is -2.55. The number of carbonyl (C=O) groups is 4. The van der Waals surface area contributed by atoms with Gasteiger partial charge < -0.3 is 14.9 Å². The summed E-state index contributed by atoms with van der Waals surface area (Å²) in [6.07, 6.45) is -2.05. The normalized spacial score (nSPS) is 25.6. The van der Waals surface area contributed by atoms with Crippen molar-refractivity contribution in [2.45, 2.75) is 42.5 Å². The summed E-state index contributed by atoms with van der Waals surface area (Å²) in [4.78, 5) is 57.8. The van der Waals surface area contributed by atoms with Gasteiger partial charge in [-0.3, -0.25) is 34.3 Å². The summed E-state index contributed by atoms with van der Waals surface area (Å²) >= 11 is 0. The van der Waals surface area contributed by atoms with Gasteiger partial charge >= 0.3 is 0 Å². The van der Waals surface area contributed by atoms with Crippen LogP contribution in [0.1, 0.15) is 50.8 Å². The highest BCUT2D eigenvalue weighted by molar-refractivity contribution is 7.90. The summed E-state index contributed by atoms with van der Waals surface area (Å²) < 4.78 is 53.9. The van der Waals surface area contributed by atoms with Gasteiger partial charge in [0, 0.05) is 82.1 Å². The summed E-state index contributed by atoms with van der Waals surface area (Å²) in [5.41, 5.74) is 1.47. The van der Waals surface area contributed by atoms with Crippen molar-refractivity contribution in [2.24, 2.45) is 5.92 Å². The van der Waals surface area contributed by atoms with Crippen molar-refractivity contribution in [3.05, 3.63) is 52.3 Å². The Balaban J connectivity index is 0.997. The zero-order chi connectivity index (χ0) is 32.7. The number of aliphatic hydroxyl groups excluding tert-OH is 1. The van der Waals surface area contributed by atoms with Gasteiger partial charge in [0.1, 0.15) is 24.1 Å². The molecule has 0 spiro atoms. The number of fused-ring (bicyclic) bond motifs is 2. The molecule has 2 aromatic carbocycles. The maximum Gasteiger partial charge on any atom is 0.265 e. The van der Waals surface area contributed by atoms with Crippen molar-refractivity contribution in [1.82, 2.24) is 15.1 Å². The number of carbonyl (C=O) groups excluding carboxylic acids is 4. The number of hydrogen-bond acceptors (Lipinski definition) is 10. The van der Waals surface area contributed by atoms with Crippen LogP contribution in [-0.2, 0) is 25.8 Å². The first-order valence-electron chi connectivity index (χ1n) is 15.3. The molecule has 15 heteroatoms. The topological polar surface area (TPSA) is 148 Å². The highest BCUT2D eigenvalue weighted by atomic mass is 32.2. The van der Waals surface area contributed by atoms with Crippen LogP contribution >= 0.6 is 0 Å². The first-order chi connectivity index (χ1) is 21.8. The molecule has 46 heavy (non-hydrogen) atoms. The van der Waals surface area contributed by atoms with Gasteiger partial charge in [0.05, 0.1) is 21.7 Å². The van der Waals surface area contributed by atoms with E-state index in [4.69, 9.17) is 0 Å². The van der Waals surface area contributed by atoms with Crippen LogP contribution in [0.25, 0.3) is 0 Å². The highest BCUT2D eigenvalue weighted by Crippen LogP contribution is 2.44. The third-order valence-corrected chi connectivity index (χ3v) is 10.9. The van der Waals surface area contributed by atoms with Crippen molar-refractivity contribution in [3.8, 4) is 0 Å². The summed E-state index contributed by atoms with van der Waals surface area (Å²) in [6, 6.07) is 4.61. The Morgan fingerprint density at radius 2 is 1.61 bits per heavy atom. The third kappa shape index (κ3) is 4.95. The first kappa shape index (κ1) is 30.7. The summed E-state index contributed by atoms with van der Waals surface area (Å²) in [6.45, 7) is 4.50. The number of sulfone groups is 1. The number of nitrogens with one attached hydrogen (secondary N) is 1. The molecule has 0 saturated carbocycles. The highest BCUT2D eigenvalue weighted by Gasteiger charge is 2.48. The Labute approximate surface area is 263 Å². The second kappa shape index (κ2) is 11.1. The molecule has 0 aromatic heterocycles. The van der Waals surface area contributed by atoms with E-state index in [2.05, 4.69) is 15.1 Å². The van der Waals surface area contributed by atoms with Crippen molar-refractivity contribution in [1.29, 1.82) is 0 Å². The molecule has 2 N–H and O–H groups in total. The number of nitrogens with zero attached hydrogens (tertiary/aromatic N) is 4. The molecule has 4 amide bonds. The van der Waals surface area contributed by atoms with Crippen LogP contribution in [0.5, 0.6) is 0 Å². The van der Waals surface area contributed by atoms with E-state index in [1.165, 1.54) is 12.1 Å². The standard InChI is InChI=1S/C31H33F2N5O7S/c1-46(44,45)23-6-4-20(17-12-19(33)28(40)25(17)23)37-14-16(15-37)13-35-8-10-36(11-9-35)21-3-2-18(32)26-27(21)31(43)38(30(26)42)22-5-7-24(39)34-29(22)41/h2-4,6,16,19,22,28,40H,5,7-15H2,1H3,(H,34,39,41)/t19?,22?,28-/m1/s1. The lowest BCUT2D eigenvalue weighted by Gasteiger charge is -2.45. The Kier molecular flexibility index (Phi) is 7.40. The number of piperidine rings is 1. The van der Waals surface area contributed by atoms with E-state index in [9.17, 15) is 41.5 Å². The molecule has 3 atom stereocenters. The second-order valence-corrected chi connectivity index (χ2v) is 14.7. The lowest BCUT2D eigenvalue weighted by atomic mass is 9.95. The van der Waals surface area contributed by atoms with Crippen molar-refractivity contribution in [2.75, 3.05) is 61.9 Å². The van der Waals surface area contributed by atoms with E-state index in [-0.39, 0.29) is 40.8 Å². The second-order valence-electron chi connectivity index (χ2n) is 12.7. The number of amides is 4. The molecule has 7 rings (SSSR count). The van der Waals surface area contributed by atoms with E-state index in [1.807, 2.05) is 4.90 Å². The zero-order valence-corrected chi connectivity index (χ0v) is 25.9. The fraction of sp³-hybridized carbons (Fsp3) is 0.484. The van der Waals surface area contributed by atoms with E-state index < -0.39 is 57.6 Å². The predicted octanol–water partition coefficient (Wildman–Crippen LogP) is 0.816. The van der Waals surface area contributed by atoms with E-state index >= 15 is 0 Å².